The van der Waals surface area contributed by atoms with Gasteiger partial charge in [0.05, 0.1) is 16.4 Å². The minimum atomic E-state index is -0.160. The van der Waals surface area contributed by atoms with Gasteiger partial charge in [0.15, 0.2) is 0 Å². The molecule has 0 radical (unpaired) electrons. The highest BCUT2D eigenvalue weighted by molar-refractivity contribution is 6.32. The second-order valence-electron chi connectivity index (χ2n) is 4.94. The molecule has 4 nitrogen and oxygen atoms in total. The average Bonchev–Trinajstić information content (AvgIpc) is 2.72. The van der Waals surface area contributed by atoms with Gasteiger partial charge in [-0.15, -0.1) is 0 Å². The number of benzene rings is 1. The van der Waals surface area contributed by atoms with E-state index < -0.39 is 0 Å². The van der Waals surface area contributed by atoms with E-state index in [1.807, 2.05) is 33.0 Å². The first-order valence-electron chi connectivity index (χ1n) is 6.82. The van der Waals surface area contributed by atoms with Crippen molar-refractivity contribution in [2.75, 3.05) is 0 Å². The van der Waals surface area contributed by atoms with E-state index in [4.69, 9.17) is 33.7 Å². The van der Waals surface area contributed by atoms with Gasteiger partial charge in [-0.2, -0.15) is 5.10 Å². The Labute approximate surface area is 134 Å². The first kappa shape index (κ1) is 16.1. The van der Waals surface area contributed by atoms with Crippen LogP contribution in [0.4, 0.5) is 0 Å². The lowest BCUT2D eigenvalue weighted by Crippen LogP contribution is -2.09. The van der Waals surface area contributed by atoms with Crippen molar-refractivity contribution >= 4 is 23.2 Å². The van der Waals surface area contributed by atoms with Gasteiger partial charge < -0.3 is 10.5 Å². The number of hydrogen-bond donors (Lipinski definition) is 1. The Balaban J connectivity index is 2.23. The SMILES string of the molecule is CCc1nn(C)c(COc2ccc(Cl)cc2[C@H](C)N)c1Cl. The summed E-state index contributed by atoms with van der Waals surface area (Å²) in [5.74, 6) is 0.713. The Morgan fingerprint density at radius 2 is 2.10 bits per heavy atom. The molecule has 0 fully saturated rings. The Kier molecular flexibility index (Phi) is 5.14. The summed E-state index contributed by atoms with van der Waals surface area (Å²) in [6.07, 6.45) is 0.790. The summed E-state index contributed by atoms with van der Waals surface area (Å²) in [5.41, 5.74) is 8.55. The summed E-state index contributed by atoms with van der Waals surface area (Å²) in [7, 11) is 1.86. The molecule has 1 aromatic carbocycles. The van der Waals surface area contributed by atoms with E-state index in [9.17, 15) is 0 Å². The number of nitrogens with two attached hydrogens (primary N) is 1. The van der Waals surface area contributed by atoms with Gasteiger partial charge in [-0.05, 0) is 31.5 Å². The number of ether oxygens (including phenoxy) is 1. The maximum absolute atomic E-state index is 6.31. The summed E-state index contributed by atoms with van der Waals surface area (Å²) in [5, 5.41) is 5.68. The highest BCUT2D eigenvalue weighted by atomic mass is 35.5. The van der Waals surface area contributed by atoms with Crippen LogP contribution in [0.2, 0.25) is 10.0 Å². The van der Waals surface area contributed by atoms with Gasteiger partial charge in [-0.1, -0.05) is 30.1 Å². The van der Waals surface area contributed by atoms with Gasteiger partial charge in [0.1, 0.15) is 12.4 Å². The summed E-state index contributed by atoms with van der Waals surface area (Å²) in [4.78, 5) is 0. The van der Waals surface area contributed by atoms with Gasteiger partial charge >= 0.3 is 0 Å². The quantitative estimate of drug-likeness (QED) is 0.906. The maximum atomic E-state index is 6.31. The van der Waals surface area contributed by atoms with E-state index >= 15 is 0 Å². The highest BCUT2D eigenvalue weighted by Gasteiger charge is 2.15. The molecular weight excluding hydrogens is 309 g/mol. The molecule has 1 heterocycles. The standard InChI is InChI=1S/C15H19Cl2N3O/c1-4-12-15(17)13(20(3)19-12)8-21-14-6-5-10(16)7-11(14)9(2)18/h5-7,9H,4,8,18H2,1-3H3/t9-/m0/s1. The van der Waals surface area contributed by atoms with Gasteiger partial charge in [0, 0.05) is 23.7 Å². The molecule has 2 N–H and O–H groups in total. The largest absolute Gasteiger partial charge is 0.487 e. The van der Waals surface area contributed by atoms with Crippen molar-refractivity contribution in [3.63, 3.8) is 0 Å². The molecule has 0 aliphatic rings. The molecular formula is C15H19Cl2N3O. The third kappa shape index (κ3) is 3.51. The number of rotatable bonds is 5. The molecule has 1 atom stereocenters. The van der Waals surface area contributed by atoms with Crippen LogP contribution >= 0.6 is 23.2 Å². The molecule has 0 spiro atoms. The third-order valence-electron chi connectivity index (χ3n) is 3.33. The number of hydrogen-bond acceptors (Lipinski definition) is 3. The fourth-order valence-electron chi connectivity index (χ4n) is 2.13. The predicted molar refractivity (Wildman–Crippen MR) is 86.0 cm³/mol. The lowest BCUT2D eigenvalue weighted by Gasteiger charge is -2.14. The summed E-state index contributed by atoms with van der Waals surface area (Å²) >= 11 is 12.3. The molecule has 0 aliphatic carbocycles. The smallest absolute Gasteiger partial charge is 0.131 e. The van der Waals surface area contributed by atoms with Crippen molar-refractivity contribution < 1.29 is 4.74 Å². The molecule has 0 saturated heterocycles. The van der Waals surface area contributed by atoms with E-state index in [2.05, 4.69) is 5.10 Å². The van der Waals surface area contributed by atoms with Crippen LogP contribution in [-0.4, -0.2) is 9.78 Å². The molecule has 6 heteroatoms. The van der Waals surface area contributed by atoms with Gasteiger partial charge in [-0.3, -0.25) is 4.68 Å². The van der Waals surface area contributed by atoms with Crippen molar-refractivity contribution in [2.45, 2.75) is 32.9 Å². The van der Waals surface area contributed by atoms with E-state index in [0.29, 0.717) is 22.4 Å². The second-order valence-corrected chi connectivity index (χ2v) is 5.76. The van der Waals surface area contributed by atoms with Crippen LogP contribution in [-0.2, 0) is 20.1 Å². The fraction of sp³-hybridized carbons (Fsp3) is 0.400. The molecule has 2 rings (SSSR count). The Morgan fingerprint density at radius 1 is 1.38 bits per heavy atom. The van der Waals surface area contributed by atoms with E-state index in [0.717, 1.165) is 23.4 Å². The monoisotopic (exact) mass is 327 g/mol. The van der Waals surface area contributed by atoms with Crippen LogP contribution in [0.5, 0.6) is 5.75 Å². The summed E-state index contributed by atoms with van der Waals surface area (Å²) in [6.45, 7) is 4.25. The number of aryl methyl sites for hydroxylation is 2. The zero-order chi connectivity index (χ0) is 15.6. The lowest BCUT2D eigenvalue weighted by atomic mass is 10.1. The van der Waals surface area contributed by atoms with E-state index in [-0.39, 0.29) is 6.04 Å². The van der Waals surface area contributed by atoms with Crippen molar-refractivity contribution in [3.8, 4) is 5.75 Å². The summed E-state index contributed by atoms with van der Waals surface area (Å²) < 4.78 is 7.63. The zero-order valence-corrected chi connectivity index (χ0v) is 13.9. The molecule has 0 amide bonds. The zero-order valence-electron chi connectivity index (χ0n) is 12.4. The Hall–Kier alpha value is -1.23. The van der Waals surface area contributed by atoms with Crippen molar-refractivity contribution in [1.29, 1.82) is 0 Å². The topological polar surface area (TPSA) is 53.1 Å². The number of halogens is 2. The number of aromatic nitrogens is 2. The van der Waals surface area contributed by atoms with Crippen LogP contribution in [0.3, 0.4) is 0 Å². The van der Waals surface area contributed by atoms with E-state index in [1.165, 1.54) is 0 Å². The fourth-order valence-corrected chi connectivity index (χ4v) is 2.66. The molecule has 2 aromatic rings. The highest BCUT2D eigenvalue weighted by Crippen LogP contribution is 2.29. The average molecular weight is 328 g/mol. The predicted octanol–water partition coefficient (Wildman–Crippen LogP) is 3.89. The summed E-state index contributed by atoms with van der Waals surface area (Å²) in [6, 6.07) is 5.27. The van der Waals surface area contributed by atoms with Gasteiger partial charge in [0.2, 0.25) is 0 Å². The first-order chi connectivity index (χ1) is 9.93. The van der Waals surface area contributed by atoms with Crippen molar-refractivity contribution in [3.05, 3.63) is 45.2 Å². The first-order valence-corrected chi connectivity index (χ1v) is 7.57. The van der Waals surface area contributed by atoms with Crippen LogP contribution in [0, 0.1) is 0 Å². The second kappa shape index (κ2) is 6.69. The van der Waals surface area contributed by atoms with Crippen LogP contribution in [0.1, 0.15) is 36.8 Å². The van der Waals surface area contributed by atoms with Crippen molar-refractivity contribution in [2.24, 2.45) is 12.8 Å². The number of nitrogens with zero attached hydrogens (tertiary/aromatic N) is 2. The van der Waals surface area contributed by atoms with Gasteiger partial charge in [0.25, 0.3) is 0 Å². The molecule has 0 unspecified atom stereocenters. The lowest BCUT2D eigenvalue weighted by molar-refractivity contribution is 0.290. The normalized spacial score (nSPS) is 12.5. The molecule has 1 aromatic heterocycles. The van der Waals surface area contributed by atoms with E-state index in [1.54, 1.807) is 10.7 Å². The van der Waals surface area contributed by atoms with Gasteiger partial charge in [-0.25, -0.2) is 0 Å². The van der Waals surface area contributed by atoms with Crippen LogP contribution in [0.25, 0.3) is 0 Å². The van der Waals surface area contributed by atoms with Crippen LogP contribution < -0.4 is 10.5 Å². The minimum absolute atomic E-state index is 0.160. The molecule has 0 bridgehead atoms. The Morgan fingerprint density at radius 3 is 2.67 bits per heavy atom. The van der Waals surface area contributed by atoms with Crippen molar-refractivity contribution in [1.82, 2.24) is 9.78 Å². The Bertz CT molecular complexity index is 638. The molecule has 0 aliphatic heterocycles. The van der Waals surface area contributed by atoms with Crippen LogP contribution in [0.15, 0.2) is 18.2 Å². The molecule has 0 saturated carbocycles. The maximum Gasteiger partial charge on any atom is 0.131 e. The molecule has 21 heavy (non-hydrogen) atoms. The third-order valence-corrected chi connectivity index (χ3v) is 4.00. The molecule has 114 valence electrons. The minimum Gasteiger partial charge on any atom is -0.487 e.